The first-order valence-electron chi connectivity index (χ1n) is 6.21. The number of hydrogen-bond donors (Lipinski definition) is 2. The maximum absolute atomic E-state index is 11.6. The molecule has 1 heterocycles. The number of rotatable bonds is 8. The molecular formula is C13H17N2O4-. The van der Waals surface area contributed by atoms with Crippen LogP contribution in [0.3, 0.4) is 0 Å². The summed E-state index contributed by atoms with van der Waals surface area (Å²) >= 11 is 0. The van der Waals surface area contributed by atoms with Crippen molar-refractivity contribution in [2.75, 3.05) is 6.54 Å². The van der Waals surface area contributed by atoms with Gasteiger partial charge in [-0.15, -0.1) is 0 Å². The van der Waals surface area contributed by atoms with Crippen molar-refractivity contribution in [1.82, 2.24) is 10.3 Å². The molecule has 0 spiro atoms. The number of amides is 1. The number of nitrogens with zero attached hydrogens (tertiary/aromatic N) is 1. The third-order valence-corrected chi connectivity index (χ3v) is 2.58. The molecule has 1 aromatic heterocycles. The first-order valence-corrected chi connectivity index (χ1v) is 6.21. The molecule has 6 nitrogen and oxygen atoms in total. The highest BCUT2D eigenvalue weighted by molar-refractivity contribution is 5.94. The lowest BCUT2D eigenvalue weighted by Gasteiger charge is -2.05. The topological polar surface area (TPSA) is 102 Å². The number of aromatic nitrogens is 1. The van der Waals surface area contributed by atoms with E-state index in [0.29, 0.717) is 18.5 Å². The molecule has 2 N–H and O–H groups in total. The number of carboxylic acids is 1. The fourth-order valence-electron chi connectivity index (χ4n) is 1.60. The van der Waals surface area contributed by atoms with Crippen LogP contribution in [-0.2, 0) is 4.79 Å². The molecule has 1 aromatic rings. The first kappa shape index (κ1) is 14.9. The Labute approximate surface area is 111 Å². The average molecular weight is 265 g/mol. The largest absolute Gasteiger partial charge is 0.550 e. The molecule has 6 heteroatoms. The molecule has 0 radical (unpaired) electrons. The first-order chi connectivity index (χ1) is 9.09. The monoisotopic (exact) mass is 265 g/mol. The minimum Gasteiger partial charge on any atom is -0.550 e. The minimum atomic E-state index is -1.02. The number of carbonyl (C=O) groups excluding carboxylic acids is 2. The Kier molecular flexibility index (Phi) is 6.35. The van der Waals surface area contributed by atoms with Crippen molar-refractivity contribution in [3.8, 4) is 5.75 Å². The van der Waals surface area contributed by atoms with Crippen LogP contribution in [0.15, 0.2) is 18.5 Å². The molecule has 0 aliphatic heterocycles. The molecule has 19 heavy (non-hydrogen) atoms. The van der Waals surface area contributed by atoms with Crippen LogP contribution in [0.25, 0.3) is 0 Å². The van der Waals surface area contributed by atoms with Crippen molar-refractivity contribution >= 4 is 11.9 Å². The minimum absolute atomic E-state index is 0.0464. The van der Waals surface area contributed by atoms with Crippen molar-refractivity contribution in [2.45, 2.75) is 32.1 Å². The zero-order valence-electron chi connectivity index (χ0n) is 10.6. The quantitative estimate of drug-likeness (QED) is 0.654. The van der Waals surface area contributed by atoms with Gasteiger partial charge in [0.05, 0.1) is 11.8 Å². The van der Waals surface area contributed by atoms with E-state index in [1.54, 1.807) is 0 Å². The van der Waals surface area contributed by atoms with Gasteiger partial charge in [-0.3, -0.25) is 9.78 Å². The maximum Gasteiger partial charge on any atom is 0.252 e. The van der Waals surface area contributed by atoms with Crippen molar-refractivity contribution in [1.29, 1.82) is 0 Å². The molecule has 0 atom stereocenters. The Hall–Kier alpha value is -2.11. The predicted octanol–water partition coefficient (Wildman–Crippen LogP) is 0.217. The SMILES string of the molecule is O=C([O-])CCCCCCNC(=O)c1cncc(O)c1. The van der Waals surface area contributed by atoms with Crippen LogP contribution in [0.5, 0.6) is 5.75 Å². The average Bonchev–Trinajstić information content (AvgIpc) is 2.37. The molecule has 0 fully saturated rings. The highest BCUT2D eigenvalue weighted by Crippen LogP contribution is 2.08. The summed E-state index contributed by atoms with van der Waals surface area (Å²) in [4.78, 5) is 25.5. The lowest BCUT2D eigenvalue weighted by molar-refractivity contribution is -0.305. The van der Waals surface area contributed by atoms with Gasteiger partial charge in [-0.1, -0.05) is 12.8 Å². The van der Waals surface area contributed by atoms with Gasteiger partial charge >= 0.3 is 0 Å². The van der Waals surface area contributed by atoms with Crippen LogP contribution in [0.2, 0.25) is 0 Å². The number of aromatic hydroxyl groups is 1. The second kappa shape index (κ2) is 8.07. The summed E-state index contributed by atoms with van der Waals surface area (Å²) in [5.74, 6) is -1.35. The fourth-order valence-corrected chi connectivity index (χ4v) is 1.60. The molecule has 0 aliphatic rings. The maximum atomic E-state index is 11.6. The van der Waals surface area contributed by atoms with E-state index in [0.717, 1.165) is 19.3 Å². The molecule has 1 amide bonds. The summed E-state index contributed by atoms with van der Waals surface area (Å²) in [5.41, 5.74) is 0.317. The molecule has 0 aromatic carbocycles. The van der Waals surface area contributed by atoms with Crippen LogP contribution < -0.4 is 10.4 Å². The number of carboxylic acid groups (broad SMARTS) is 1. The molecule has 0 saturated carbocycles. The molecular weight excluding hydrogens is 248 g/mol. The van der Waals surface area contributed by atoms with E-state index < -0.39 is 5.97 Å². The van der Waals surface area contributed by atoms with Crippen molar-refractivity contribution in [2.24, 2.45) is 0 Å². The zero-order valence-corrected chi connectivity index (χ0v) is 10.6. The Morgan fingerprint density at radius 1 is 1.21 bits per heavy atom. The molecule has 0 aliphatic carbocycles. The highest BCUT2D eigenvalue weighted by atomic mass is 16.4. The second-order valence-corrected chi connectivity index (χ2v) is 4.22. The number of hydrogen-bond acceptors (Lipinski definition) is 5. The number of aliphatic carboxylic acids is 1. The molecule has 0 bridgehead atoms. The number of nitrogens with one attached hydrogen (secondary N) is 1. The van der Waals surface area contributed by atoms with Gasteiger partial charge in [-0.25, -0.2) is 0 Å². The van der Waals surface area contributed by atoms with E-state index in [1.165, 1.54) is 18.5 Å². The van der Waals surface area contributed by atoms with Crippen molar-refractivity contribution in [3.05, 3.63) is 24.0 Å². The second-order valence-electron chi connectivity index (χ2n) is 4.22. The highest BCUT2D eigenvalue weighted by Gasteiger charge is 2.05. The summed E-state index contributed by atoms with van der Waals surface area (Å²) in [7, 11) is 0. The third-order valence-electron chi connectivity index (χ3n) is 2.58. The Bertz CT molecular complexity index is 434. The summed E-state index contributed by atoms with van der Waals surface area (Å²) in [6.45, 7) is 0.514. The van der Waals surface area contributed by atoms with Gasteiger partial charge in [0.1, 0.15) is 5.75 Å². The van der Waals surface area contributed by atoms with Crippen LogP contribution in [0.4, 0.5) is 0 Å². The summed E-state index contributed by atoms with van der Waals surface area (Å²) in [6, 6.07) is 1.35. The summed E-state index contributed by atoms with van der Waals surface area (Å²) in [6.07, 6.45) is 5.77. The summed E-state index contributed by atoms with van der Waals surface area (Å²) < 4.78 is 0. The lowest BCUT2D eigenvalue weighted by Crippen LogP contribution is -2.24. The number of unbranched alkanes of at least 4 members (excludes halogenated alkanes) is 3. The van der Waals surface area contributed by atoms with Crippen LogP contribution in [-0.4, -0.2) is 28.5 Å². The summed E-state index contributed by atoms with van der Waals surface area (Å²) in [5, 5.41) is 22.1. The van der Waals surface area contributed by atoms with Gasteiger partial charge in [0.25, 0.3) is 5.91 Å². The van der Waals surface area contributed by atoms with Crippen LogP contribution in [0.1, 0.15) is 42.5 Å². The van der Waals surface area contributed by atoms with E-state index in [1.807, 2.05) is 0 Å². The smallest absolute Gasteiger partial charge is 0.252 e. The number of carbonyl (C=O) groups is 2. The third kappa shape index (κ3) is 6.40. The van der Waals surface area contributed by atoms with Gasteiger partial charge in [0.15, 0.2) is 0 Å². The van der Waals surface area contributed by atoms with E-state index in [-0.39, 0.29) is 18.1 Å². The van der Waals surface area contributed by atoms with Crippen molar-refractivity contribution < 1.29 is 19.8 Å². The van der Waals surface area contributed by atoms with Gasteiger partial charge in [-0.05, 0) is 25.3 Å². The standard InChI is InChI=1S/C13H18N2O4/c16-11-7-10(8-14-9-11)13(19)15-6-4-2-1-3-5-12(17)18/h7-9,16H,1-6H2,(H,15,19)(H,17,18)/p-1. The van der Waals surface area contributed by atoms with E-state index in [2.05, 4.69) is 10.3 Å². The van der Waals surface area contributed by atoms with Crippen LogP contribution in [0, 0.1) is 0 Å². The molecule has 0 saturated heterocycles. The van der Waals surface area contributed by atoms with Crippen LogP contribution >= 0.6 is 0 Å². The van der Waals surface area contributed by atoms with Crippen molar-refractivity contribution in [3.63, 3.8) is 0 Å². The van der Waals surface area contributed by atoms with E-state index in [4.69, 9.17) is 0 Å². The normalized spacial score (nSPS) is 10.1. The van der Waals surface area contributed by atoms with Gasteiger partial charge in [0.2, 0.25) is 0 Å². The van der Waals surface area contributed by atoms with E-state index in [9.17, 15) is 19.8 Å². The molecule has 1 rings (SSSR count). The Balaban J connectivity index is 2.12. The Morgan fingerprint density at radius 2 is 1.95 bits per heavy atom. The van der Waals surface area contributed by atoms with Gasteiger partial charge in [0, 0.05) is 18.7 Å². The fraction of sp³-hybridized carbons (Fsp3) is 0.462. The van der Waals surface area contributed by atoms with E-state index >= 15 is 0 Å². The molecule has 104 valence electrons. The number of pyridine rings is 1. The van der Waals surface area contributed by atoms with Gasteiger partial charge in [-0.2, -0.15) is 0 Å². The Morgan fingerprint density at radius 3 is 2.63 bits per heavy atom. The molecule has 0 unspecified atom stereocenters. The predicted molar refractivity (Wildman–Crippen MR) is 66.3 cm³/mol. The van der Waals surface area contributed by atoms with Gasteiger partial charge < -0.3 is 20.3 Å². The zero-order chi connectivity index (χ0) is 14.1. The lowest BCUT2D eigenvalue weighted by atomic mass is 10.1.